The molecular formula is C22H18F3N3O2S. The maximum absolute atomic E-state index is 13.5. The van der Waals surface area contributed by atoms with Crippen LogP contribution in [0.5, 0.6) is 5.75 Å². The number of hydrogen-bond donors (Lipinski definition) is 1. The number of thioether (sulfide) groups is 1. The van der Waals surface area contributed by atoms with Crippen molar-refractivity contribution in [2.45, 2.75) is 42.5 Å². The first kappa shape index (κ1) is 20.0. The van der Waals surface area contributed by atoms with E-state index < -0.39 is 6.36 Å². The zero-order valence-electron chi connectivity index (χ0n) is 16.3. The molecule has 1 N–H and O–H groups in total. The van der Waals surface area contributed by atoms with E-state index in [4.69, 9.17) is 4.98 Å². The van der Waals surface area contributed by atoms with Crippen LogP contribution >= 0.6 is 11.8 Å². The first-order valence-electron chi connectivity index (χ1n) is 9.95. The highest BCUT2D eigenvalue weighted by molar-refractivity contribution is 7.99. The van der Waals surface area contributed by atoms with Gasteiger partial charge in [0, 0.05) is 16.2 Å². The lowest BCUT2D eigenvalue weighted by Crippen LogP contribution is -2.22. The molecule has 5 nitrogen and oxygen atoms in total. The van der Waals surface area contributed by atoms with Crippen molar-refractivity contribution in [2.24, 2.45) is 0 Å². The van der Waals surface area contributed by atoms with Crippen LogP contribution in [0.15, 0.2) is 58.5 Å². The van der Waals surface area contributed by atoms with Crippen LogP contribution in [0.4, 0.5) is 13.2 Å². The molecule has 31 heavy (non-hydrogen) atoms. The van der Waals surface area contributed by atoms with Gasteiger partial charge >= 0.3 is 6.36 Å². The molecule has 0 atom stereocenters. The van der Waals surface area contributed by atoms with E-state index in [0.29, 0.717) is 27.1 Å². The monoisotopic (exact) mass is 445 g/mol. The maximum atomic E-state index is 13.5. The molecule has 1 aliphatic rings. The van der Waals surface area contributed by atoms with Gasteiger partial charge in [0.2, 0.25) is 0 Å². The average Bonchev–Trinajstić information content (AvgIpc) is 3.36. The molecule has 5 rings (SSSR count). The third-order valence-corrected chi connectivity index (χ3v) is 6.69. The fraction of sp³-hybridized carbons (Fsp3) is 0.273. The Bertz CT molecular complexity index is 1310. The van der Waals surface area contributed by atoms with Crippen LogP contribution in [0.1, 0.15) is 25.7 Å². The van der Waals surface area contributed by atoms with Crippen LogP contribution < -0.4 is 10.3 Å². The SMILES string of the molecule is O=c1c2[nH]c3ccccc3c2nc(SC2CCCC2)n1-c1ccc(OC(F)(F)F)cc1. The molecule has 0 unspecified atom stereocenters. The minimum Gasteiger partial charge on any atom is -0.406 e. The maximum Gasteiger partial charge on any atom is 0.573 e. The highest BCUT2D eigenvalue weighted by Gasteiger charge is 2.31. The Hall–Kier alpha value is -2.94. The molecule has 1 fully saturated rings. The predicted molar refractivity (Wildman–Crippen MR) is 114 cm³/mol. The summed E-state index contributed by atoms with van der Waals surface area (Å²) >= 11 is 1.55. The van der Waals surface area contributed by atoms with Crippen molar-refractivity contribution < 1.29 is 17.9 Å². The zero-order chi connectivity index (χ0) is 21.6. The van der Waals surface area contributed by atoms with Crippen LogP contribution in [-0.2, 0) is 0 Å². The van der Waals surface area contributed by atoms with E-state index >= 15 is 0 Å². The summed E-state index contributed by atoms with van der Waals surface area (Å²) in [5.74, 6) is -0.339. The molecule has 0 saturated heterocycles. The predicted octanol–water partition coefficient (Wildman–Crippen LogP) is 5.80. The number of halogens is 3. The van der Waals surface area contributed by atoms with Gasteiger partial charge in [0.05, 0.1) is 5.69 Å². The van der Waals surface area contributed by atoms with Crippen molar-refractivity contribution in [1.29, 1.82) is 0 Å². The number of fused-ring (bicyclic) bond motifs is 3. The minimum atomic E-state index is -4.77. The minimum absolute atomic E-state index is 0.286. The van der Waals surface area contributed by atoms with E-state index in [1.54, 1.807) is 11.8 Å². The fourth-order valence-electron chi connectivity index (χ4n) is 4.00. The van der Waals surface area contributed by atoms with Gasteiger partial charge in [-0.3, -0.25) is 9.36 Å². The van der Waals surface area contributed by atoms with Crippen molar-refractivity contribution in [3.63, 3.8) is 0 Å². The number of rotatable bonds is 4. The molecular weight excluding hydrogens is 427 g/mol. The zero-order valence-corrected chi connectivity index (χ0v) is 17.1. The number of ether oxygens (including phenoxy) is 1. The second-order valence-corrected chi connectivity index (χ2v) is 8.76. The molecule has 2 heterocycles. The summed E-state index contributed by atoms with van der Waals surface area (Å²) in [5, 5.41) is 1.76. The van der Waals surface area contributed by atoms with Gasteiger partial charge in [-0.2, -0.15) is 0 Å². The molecule has 1 aliphatic carbocycles. The van der Waals surface area contributed by atoms with E-state index in [2.05, 4.69) is 9.72 Å². The van der Waals surface area contributed by atoms with Crippen molar-refractivity contribution in [1.82, 2.24) is 14.5 Å². The van der Waals surface area contributed by atoms with Crippen LogP contribution in [0, 0.1) is 0 Å². The Balaban J connectivity index is 1.67. The Labute approximate surface area is 179 Å². The van der Waals surface area contributed by atoms with E-state index in [9.17, 15) is 18.0 Å². The van der Waals surface area contributed by atoms with Crippen LogP contribution in [0.3, 0.4) is 0 Å². The lowest BCUT2D eigenvalue weighted by atomic mass is 10.2. The summed E-state index contributed by atoms with van der Waals surface area (Å²) in [4.78, 5) is 21.4. The number of nitrogens with one attached hydrogen (secondary N) is 1. The molecule has 4 aromatic rings. The normalized spacial score (nSPS) is 15.2. The molecule has 0 amide bonds. The average molecular weight is 445 g/mol. The lowest BCUT2D eigenvalue weighted by Gasteiger charge is -2.15. The summed E-state index contributed by atoms with van der Waals surface area (Å²) in [6, 6.07) is 12.9. The second-order valence-electron chi connectivity index (χ2n) is 7.50. The standard InChI is InChI=1S/C22H18F3N3O2S/c23-22(24,25)30-14-11-9-13(10-12-14)28-20(29)19-18(16-7-3-4-8-17(16)26-19)27-21(28)31-15-5-1-2-6-15/h3-4,7-12,15,26H,1-2,5-6H2. The van der Waals surface area contributed by atoms with E-state index in [0.717, 1.165) is 36.6 Å². The first-order valence-corrected chi connectivity index (χ1v) is 10.8. The van der Waals surface area contributed by atoms with Gasteiger partial charge in [0.1, 0.15) is 16.8 Å². The van der Waals surface area contributed by atoms with Gasteiger partial charge < -0.3 is 9.72 Å². The molecule has 1 saturated carbocycles. The number of benzene rings is 2. The summed E-state index contributed by atoms with van der Waals surface area (Å²) in [6.45, 7) is 0. The molecule has 2 aromatic heterocycles. The summed E-state index contributed by atoms with van der Waals surface area (Å²) < 4.78 is 42.9. The lowest BCUT2D eigenvalue weighted by molar-refractivity contribution is -0.274. The van der Waals surface area contributed by atoms with Crippen molar-refractivity contribution in [3.8, 4) is 11.4 Å². The van der Waals surface area contributed by atoms with Gasteiger partial charge in [-0.15, -0.1) is 13.2 Å². The van der Waals surface area contributed by atoms with Crippen LogP contribution in [-0.4, -0.2) is 26.1 Å². The topological polar surface area (TPSA) is 59.9 Å². The van der Waals surface area contributed by atoms with E-state index in [-0.39, 0.29) is 11.3 Å². The van der Waals surface area contributed by atoms with Gasteiger partial charge in [-0.25, -0.2) is 4.98 Å². The molecule has 0 radical (unpaired) electrons. The second kappa shape index (κ2) is 7.64. The molecule has 9 heteroatoms. The van der Waals surface area contributed by atoms with Crippen LogP contribution in [0.2, 0.25) is 0 Å². The van der Waals surface area contributed by atoms with Crippen molar-refractivity contribution in [2.75, 3.05) is 0 Å². The highest BCUT2D eigenvalue weighted by Crippen LogP contribution is 2.36. The van der Waals surface area contributed by atoms with Crippen molar-refractivity contribution in [3.05, 3.63) is 58.9 Å². The summed E-state index contributed by atoms with van der Waals surface area (Å²) in [7, 11) is 0. The number of hydrogen-bond acceptors (Lipinski definition) is 4. The Morgan fingerprint density at radius 3 is 2.48 bits per heavy atom. The number of aromatic nitrogens is 3. The highest BCUT2D eigenvalue weighted by atomic mass is 32.2. The Kier molecular flexibility index (Phi) is 4.92. The molecule has 160 valence electrons. The number of alkyl halides is 3. The summed E-state index contributed by atoms with van der Waals surface area (Å²) in [5.41, 5.74) is 1.94. The largest absolute Gasteiger partial charge is 0.573 e. The molecule has 0 spiro atoms. The van der Waals surface area contributed by atoms with E-state index in [1.807, 2.05) is 24.3 Å². The molecule has 2 aromatic carbocycles. The van der Waals surface area contributed by atoms with Crippen LogP contribution in [0.25, 0.3) is 27.6 Å². The number of nitrogens with zero attached hydrogens (tertiary/aromatic N) is 2. The number of aromatic amines is 1. The van der Waals surface area contributed by atoms with Gasteiger partial charge in [0.15, 0.2) is 5.16 Å². The van der Waals surface area contributed by atoms with Gasteiger partial charge in [-0.05, 0) is 43.2 Å². The fourth-order valence-corrected chi connectivity index (χ4v) is 5.31. The molecule has 0 bridgehead atoms. The third kappa shape index (κ3) is 3.89. The Morgan fingerprint density at radius 2 is 1.77 bits per heavy atom. The van der Waals surface area contributed by atoms with E-state index in [1.165, 1.54) is 28.8 Å². The summed E-state index contributed by atoms with van der Waals surface area (Å²) in [6.07, 6.45) is -0.399. The number of para-hydroxylation sites is 1. The third-order valence-electron chi connectivity index (χ3n) is 5.40. The smallest absolute Gasteiger partial charge is 0.406 e. The first-order chi connectivity index (χ1) is 14.9. The molecule has 0 aliphatic heterocycles. The van der Waals surface area contributed by atoms with Crippen molar-refractivity contribution >= 4 is 33.7 Å². The Morgan fingerprint density at radius 1 is 1.06 bits per heavy atom. The van der Waals surface area contributed by atoms with Gasteiger partial charge in [0.25, 0.3) is 5.56 Å². The quantitative estimate of drug-likeness (QED) is 0.403. The number of H-pyrrole nitrogens is 1. The van der Waals surface area contributed by atoms with Gasteiger partial charge in [-0.1, -0.05) is 42.8 Å².